The largest absolute Gasteiger partial charge is 0.444 e. The van der Waals surface area contributed by atoms with Crippen LogP contribution in [0.2, 0.25) is 0 Å². The number of aliphatic hydroxyl groups excluding tert-OH is 1. The standard InChI is InChI=1S/C19H31N3O6S/c1-13(2)10-22(29(25,26)17-6-4-15(20)5-7-17)11-18(23)14(3)21-19(24)28-16-8-9-27-12-16/h4-7,13-14,16,18,23H,8-12,20H2,1-3H3,(H,21,24). The molecule has 0 radical (unpaired) electrons. The molecule has 3 unspecified atom stereocenters. The molecule has 0 bridgehead atoms. The van der Waals surface area contributed by atoms with E-state index in [2.05, 4.69) is 5.32 Å². The second-order valence-corrected chi connectivity index (χ2v) is 9.61. The molecule has 1 aromatic carbocycles. The van der Waals surface area contributed by atoms with E-state index in [0.717, 1.165) is 0 Å². The summed E-state index contributed by atoms with van der Waals surface area (Å²) in [4.78, 5) is 12.1. The number of nitrogen functional groups attached to an aromatic ring is 1. The number of carbonyl (C=O) groups is 1. The van der Waals surface area contributed by atoms with Gasteiger partial charge in [-0.3, -0.25) is 0 Å². The first-order valence-corrected chi connectivity index (χ1v) is 11.1. The number of sulfonamides is 1. The average molecular weight is 430 g/mol. The summed E-state index contributed by atoms with van der Waals surface area (Å²) in [5.74, 6) is 0.0429. The molecule has 29 heavy (non-hydrogen) atoms. The molecule has 4 N–H and O–H groups in total. The van der Waals surface area contributed by atoms with Crippen LogP contribution in [0.1, 0.15) is 27.2 Å². The molecule has 1 fully saturated rings. The number of ether oxygens (including phenoxy) is 2. The average Bonchev–Trinajstić information content (AvgIpc) is 3.13. The summed E-state index contributed by atoms with van der Waals surface area (Å²) in [7, 11) is -3.83. The number of nitrogens with two attached hydrogens (primary N) is 1. The number of hydrogen-bond acceptors (Lipinski definition) is 7. The highest BCUT2D eigenvalue weighted by Crippen LogP contribution is 2.19. The van der Waals surface area contributed by atoms with Gasteiger partial charge in [0.1, 0.15) is 6.10 Å². The maximum absolute atomic E-state index is 13.0. The molecule has 10 heteroatoms. The van der Waals surface area contributed by atoms with Crippen molar-refractivity contribution in [2.24, 2.45) is 5.92 Å². The fourth-order valence-electron chi connectivity index (χ4n) is 2.91. The fraction of sp³-hybridized carbons (Fsp3) is 0.632. The zero-order valence-electron chi connectivity index (χ0n) is 17.1. The lowest BCUT2D eigenvalue weighted by Gasteiger charge is -2.29. The molecular formula is C19H31N3O6S. The van der Waals surface area contributed by atoms with Crippen molar-refractivity contribution in [3.63, 3.8) is 0 Å². The van der Waals surface area contributed by atoms with Crippen LogP contribution in [0.5, 0.6) is 0 Å². The third-order valence-corrected chi connectivity index (χ3v) is 6.41. The number of nitrogens with one attached hydrogen (secondary N) is 1. The van der Waals surface area contributed by atoms with Crippen molar-refractivity contribution in [3.05, 3.63) is 24.3 Å². The minimum Gasteiger partial charge on any atom is -0.444 e. The van der Waals surface area contributed by atoms with E-state index in [1.807, 2.05) is 13.8 Å². The third-order valence-electron chi connectivity index (χ3n) is 4.56. The topological polar surface area (TPSA) is 131 Å². The molecule has 9 nitrogen and oxygen atoms in total. The molecule has 1 aliphatic rings. The summed E-state index contributed by atoms with van der Waals surface area (Å²) in [5.41, 5.74) is 6.11. The van der Waals surface area contributed by atoms with Crippen molar-refractivity contribution in [2.45, 2.75) is 50.3 Å². The molecular weight excluding hydrogens is 398 g/mol. The Morgan fingerprint density at radius 3 is 2.52 bits per heavy atom. The summed E-state index contributed by atoms with van der Waals surface area (Å²) >= 11 is 0. The summed E-state index contributed by atoms with van der Waals surface area (Å²) in [6.07, 6.45) is -1.46. The van der Waals surface area contributed by atoms with Gasteiger partial charge >= 0.3 is 6.09 Å². The molecule has 1 saturated heterocycles. The third kappa shape index (κ3) is 6.84. The van der Waals surface area contributed by atoms with Gasteiger partial charge in [-0.2, -0.15) is 4.31 Å². The number of benzene rings is 1. The van der Waals surface area contributed by atoms with E-state index >= 15 is 0 Å². The Balaban J connectivity index is 2.03. The zero-order valence-corrected chi connectivity index (χ0v) is 17.9. The number of carbonyl (C=O) groups excluding carboxylic acids is 1. The molecule has 1 aliphatic heterocycles. The molecule has 164 valence electrons. The van der Waals surface area contributed by atoms with Crippen molar-refractivity contribution in [1.82, 2.24) is 9.62 Å². The number of anilines is 1. The zero-order chi connectivity index (χ0) is 21.6. The van der Waals surface area contributed by atoms with Crippen LogP contribution in [0.3, 0.4) is 0 Å². The highest BCUT2D eigenvalue weighted by atomic mass is 32.2. The molecule has 0 aliphatic carbocycles. The van der Waals surface area contributed by atoms with Gasteiger partial charge in [-0.15, -0.1) is 0 Å². The van der Waals surface area contributed by atoms with Gasteiger partial charge < -0.3 is 25.6 Å². The smallest absolute Gasteiger partial charge is 0.407 e. The van der Waals surface area contributed by atoms with Gasteiger partial charge in [-0.05, 0) is 37.1 Å². The van der Waals surface area contributed by atoms with Crippen LogP contribution in [0.15, 0.2) is 29.2 Å². The quantitative estimate of drug-likeness (QED) is 0.502. The predicted molar refractivity (Wildman–Crippen MR) is 109 cm³/mol. The number of hydrogen-bond donors (Lipinski definition) is 3. The molecule has 1 aromatic rings. The van der Waals surface area contributed by atoms with Crippen molar-refractivity contribution in [3.8, 4) is 0 Å². The number of aliphatic hydroxyl groups is 1. The van der Waals surface area contributed by atoms with Crippen molar-refractivity contribution >= 4 is 21.8 Å². The van der Waals surface area contributed by atoms with E-state index in [4.69, 9.17) is 15.2 Å². The Bertz CT molecular complexity index is 763. The van der Waals surface area contributed by atoms with Crippen LogP contribution in [-0.2, 0) is 19.5 Å². The van der Waals surface area contributed by atoms with E-state index in [-0.39, 0.29) is 30.0 Å². The molecule has 1 heterocycles. The van der Waals surface area contributed by atoms with E-state index < -0.39 is 28.3 Å². The summed E-state index contributed by atoms with van der Waals surface area (Å²) in [6, 6.07) is 5.20. The number of rotatable bonds is 9. The first-order valence-electron chi connectivity index (χ1n) is 9.68. The first kappa shape index (κ1) is 23.4. The van der Waals surface area contributed by atoms with Gasteiger partial charge in [0.25, 0.3) is 0 Å². The molecule has 0 saturated carbocycles. The fourth-order valence-corrected chi connectivity index (χ4v) is 4.53. The number of alkyl carbamates (subject to hydrolysis) is 1. The molecule has 3 atom stereocenters. The minimum atomic E-state index is -3.83. The number of amides is 1. The summed E-state index contributed by atoms with van der Waals surface area (Å²) < 4.78 is 37.7. The maximum Gasteiger partial charge on any atom is 0.407 e. The van der Waals surface area contributed by atoms with Gasteiger partial charge in [0, 0.05) is 25.2 Å². The van der Waals surface area contributed by atoms with E-state index in [0.29, 0.717) is 25.3 Å². The highest BCUT2D eigenvalue weighted by Gasteiger charge is 2.30. The summed E-state index contributed by atoms with van der Waals surface area (Å²) in [5, 5.41) is 13.1. The van der Waals surface area contributed by atoms with Crippen LogP contribution in [0.25, 0.3) is 0 Å². The molecule has 0 spiro atoms. The van der Waals surface area contributed by atoms with Gasteiger partial charge in [0.15, 0.2) is 0 Å². The lowest BCUT2D eigenvalue weighted by molar-refractivity contribution is 0.0671. The van der Waals surface area contributed by atoms with Crippen molar-refractivity contribution in [1.29, 1.82) is 0 Å². The van der Waals surface area contributed by atoms with Crippen LogP contribution < -0.4 is 11.1 Å². The lowest BCUT2D eigenvalue weighted by Crippen LogP contribution is -2.49. The second-order valence-electron chi connectivity index (χ2n) is 7.68. The van der Waals surface area contributed by atoms with Crippen LogP contribution in [0, 0.1) is 5.92 Å². The Morgan fingerprint density at radius 1 is 1.31 bits per heavy atom. The Kier molecular flexibility index (Phi) is 8.26. The first-order chi connectivity index (χ1) is 13.6. The predicted octanol–water partition coefficient (Wildman–Crippen LogP) is 1.18. The molecule has 0 aromatic heterocycles. The van der Waals surface area contributed by atoms with Crippen LogP contribution in [-0.4, -0.2) is 68.5 Å². The van der Waals surface area contributed by atoms with Crippen molar-refractivity contribution in [2.75, 3.05) is 32.0 Å². The van der Waals surface area contributed by atoms with Gasteiger partial charge in [-0.25, -0.2) is 13.2 Å². The minimum absolute atomic E-state index is 0.0429. The van der Waals surface area contributed by atoms with Gasteiger partial charge in [-0.1, -0.05) is 13.8 Å². The Labute approximate surface area is 172 Å². The van der Waals surface area contributed by atoms with Crippen LogP contribution >= 0.6 is 0 Å². The number of nitrogens with zero attached hydrogens (tertiary/aromatic N) is 1. The normalized spacial score (nSPS) is 19.3. The summed E-state index contributed by atoms with van der Waals surface area (Å²) in [6.45, 7) is 6.33. The van der Waals surface area contributed by atoms with Crippen LogP contribution in [0.4, 0.5) is 10.5 Å². The lowest BCUT2D eigenvalue weighted by atomic mass is 10.1. The Morgan fingerprint density at radius 2 is 1.97 bits per heavy atom. The van der Waals surface area contributed by atoms with Gasteiger partial charge in [0.05, 0.1) is 30.3 Å². The monoisotopic (exact) mass is 429 g/mol. The Hall–Kier alpha value is -1.88. The molecule has 1 amide bonds. The van der Waals surface area contributed by atoms with E-state index in [9.17, 15) is 18.3 Å². The highest BCUT2D eigenvalue weighted by molar-refractivity contribution is 7.89. The maximum atomic E-state index is 13.0. The van der Waals surface area contributed by atoms with E-state index in [1.165, 1.54) is 28.6 Å². The molecule has 2 rings (SSSR count). The SMILES string of the molecule is CC(C)CN(CC(O)C(C)NC(=O)OC1CCOC1)S(=O)(=O)c1ccc(N)cc1. The van der Waals surface area contributed by atoms with E-state index in [1.54, 1.807) is 6.92 Å². The second kappa shape index (κ2) is 10.2. The van der Waals surface area contributed by atoms with Crippen molar-refractivity contribution < 1.29 is 27.8 Å². The van der Waals surface area contributed by atoms with Gasteiger partial charge in [0.2, 0.25) is 10.0 Å².